The van der Waals surface area contributed by atoms with Crippen LogP contribution in [0.4, 0.5) is 4.79 Å². The second kappa shape index (κ2) is 11.5. The summed E-state index contributed by atoms with van der Waals surface area (Å²) >= 11 is 0. The average molecular weight is 518 g/mol. The van der Waals surface area contributed by atoms with Gasteiger partial charge in [-0.2, -0.15) is 0 Å². The van der Waals surface area contributed by atoms with Crippen LogP contribution in [-0.4, -0.2) is 99.4 Å². The third kappa shape index (κ3) is 6.78. The maximum Gasteiger partial charge on any atom is 0.410 e. The zero-order chi connectivity index (χ0) is 27.5. The van der Waals surface area contributed by atoms with Crippen molar-refractivity contribution in [3.8, 4) is 0 Å². The summed E-state index contributed by atoms with van der Waals surface area (Å²) in [7, 11) is 2.93. The van der Waals surface area contributed by atoms with Crippen LogP contribution in [0.1, 0.15) is 46.6 Å². The van der Waals surface area contributed by atoms with Gasteiger partial charge < -0.3 is 29.8 Å². The van der Waals surface area contributed by atoms with Crippen molar-refractivity contribution < 1.29 is 29.0 Å². The Morgan fingerprint density at radius 3 is 2.68 bits per heavy atom. The first-order valence-electron chi connectivity index (χ1n) is 12.5. The standard InChI is InChI=1S/C26H39N5O6/c1-15(30(6)25(35)37-26(3,4)5)23(33)29-21(16(2)36-7)24(34)31-14-19(32)12-18(31)11-17-13-28-22-20(17)9-8-10-27-22/h8-10,13,15-16,18-19,21,32H,11-12,14H2,1-7H3,(H,27,28)(H,29,33)/t15-,16+,18+,19-,21-/m0/s1. The van der Waals surface area contributed by atoms with Crippen LogP contribution in [0, 0.1) is 0 Å². The number of nitrogens with zero attached hydrogens (tertiary/aromatic N) is 3. The Hall–Kier alpha value is -3.18. The summed E-state index contributed by atoms with van der Waals surface area (Å²) in [6, 6.07) is 1.64. The third-order valence-corrected chi connectivity index (χ3v) is 6.71. The number of H-pyrrole nitrogens is 1. The number of carbonyl (C=O) groups is 3. The molecule has 0 aromatic carbocycles. The molecule has 5 atom stereocenters. The van der Waals surface area contributed by atoms with Gasteiger partial charge in [-0.05, 0) is 65.2 Å². The summed E-state index contributed by atoms with van der Waals surface area (Å²) in [5, 5.41) is 14.2. The molecule has 3 amide bonds. The molecule has 0 aliphatic carbocycles. The van der Waals surface area contributed by atoms with Gasteiger partial charge in [0.25, 0.3) is 0 Å². The second-order valence-corrected chi connectivity index (χ2v) is 10.6. The lowest BCUT2D eigenvalue weighted by molar-refractivity contribution is -0.142. The number of ether oxygens (including phenoxy) is 2. The maximum atomic E-state index is 13.7. The van der Waals surface area contributed by atoms with E-state index in [2.05, 4.69) is 15.3 Å². The van der Waals surface area contributed by atoms with Crippen molar-refractivity contribution in [3.05, 3.63) is 30.1 Å². The zero-order valence-corrected chi connectivity index (χ0v) is 22.6. The van der Waals surface area contributed by atoms with E-state index in [0.717, 1.165) is 16.6 Å². The number of nitrogens with one attached hydrogen (secondary N) is 2. The first-order chi connectivity index (χ1) is 17.3. The van der Waals surface area contributed by atoms with E-state index in [0.29, 0.717) is 12.8 Å². The molecule has 1 aliphatic rings. The van der Waals surface area contributed by atoms with Crippen LogP contribution < -0.4 is 5.32 Å². The van der Waals surface area contributed by atoms with E-state index < -0.39 is 41.9 Å². The number of amides is 3. The minimum Gasteiger partial charge on any atom is -0.444 e. The minimum atomic E-state index is -1.01. The summed E-state index contributed by atoms with van der Waals surface area (Å²) in [5.41, 5.74) is 1.04. The van der Waals surface area contributed by atoms with Crippen LogP contribution in [0.2, 0.25) is 0 Å². The number of carbonyl (C=O) groups excluding carboxylic acids is 3. The van der Waals surface area contributed by atoms with Crippen LogP contribution in [0.25, 0.3) is 11.0 Å². The van der Waals surface area contributed by atoms with Gasteiger partial charge in [-0.1, -0.05) is 0 Å². The van der Waals surface area contributed by atoms with Crippen molar-refractivity contribution in [1.29, 1.82) is 0 Å². The van der Waals surface area contributed by atoms with Gasteiger partial charge in [0.05, 0.1) is 12.2 Å². The Labute approximate surface area is 217 Å². The summed E-state index contributed by atoms with van der Waals surface area (Å²) in [6.07, 6.45) is 2.55. The molecule has 37 heavy (non-hydrogen) atoms. The molecule has 3 rings (SSSR count). The molecule has 0 radical (unpaired) electrons. The molecular weight excluding hydrogens is 478 g/mol. The first-order valence-corrected chi connectivity index (χ1v) is 12.5. The second-order valence-electron chi connectivity index (χ2n) is 10.6. The van der Waals surface area contributed by atoms with E-state index >= 15 is 0 Å². The molecule has 0 spiro atoms. The van der Waals surface area contributed by atoms with Gasteiger partial charge in [0.1, 0.15) is 23.3 Å². The molecule has 1 saturated heterocycles. The number of fused-ring (bicyclic) bond motifs is 1. The zero-order valence-electron chi connectivity index (χ0n) is 22.6. The summed E-state index contributed by atoms with van der Waals surface area (Å²) in [6.45, 7) is 8.63. The minimum absolute atomic E-state index is 0.153. The van der Waals surface area contributed by atoms with Crippen LogP contribution in [0.5, 0.6) is 0 Å². The SMILES string of the molecule is CO[C@H](C)[C@H](NC(=O)[C@H](C)N(C)C(=O)OC(C)(C)C)C(=O)N1C[C@@H](O)C[C@H]1Cc1c[nH]c2ncccc12. The van der Waals surface area contributed by atoms with Crippen LogP contribution in [0.3, 0.4) is 0 Å². The van der Waals surface area contributed by atoms with E-state index in [1.54, 1.807) is 45.7 Å². The van der Waals surface area contributed by atoms with Crippen LogP contribution in [0.15, 0.2) is 24.5 Å². The molecule has 2 aromatic heterocycles. The predicted octanol–water partition coefficient (Wildman–Crippen LogP) is 1.84. The topological polar surface area (TPSA) is 137 Å². The van der Waals surface area contributed by atoms with Crippen molar-refractivity contribution in [3.63, 3.8) is 0 Å². The van der Waals surface area contributed by atoms with Crippen LogP contribution >= 0.6 is 0 Å². The number of rotatable bonds is 8. The highest BCUT2D eigenvalue weighted by molar-refractivity contribution is 5.92. The lowest BCUT2D eigenvalue weighted by atomic mass is 10.0. The Kier molecular flexibility index (Phi) is 8.80. The molecule has 1 aliphatic heterocycles. The van der Waals surface area contributed by atoms with Gasteiger partial charge in [-0.25, -0.2) is 9.78 Å². The average Bonchev–Trinajstić information content (AvgIpc) is 3.42. The van der Waals surface area contributed by atoms with Crippen molar-refractivity contribution in [1.82, 2.24) is 25.1 Å². The number of pyridine rings is 1. The van der Waals surface area contributed by atoms with E-state index in [4.69, 9.17) is 9.47 Å². The van der Waals surface area contributed by atoms with Crippen LogP contribution in [-0.2, 0) is 25.5 Å². The molecule has 3 heterocycles. The number of hydrogen-bond donors (Lipinski definition) is 3. The van der Waals surface area contributed by atoms with Gasteiger partial charge in [-0.15, -0.1) is 0 Å². The lowest BCUT2D eigenvalue weighted by Crippen LogP contribution is -2.58. The normalized spacial score (nSPS) is 20.4. The number of aromatic nitrogens is 2. The highest BCUT2D eigenvalue weighted by atomic mass is 16.6. The highest BCUT2D eigenvalue weighted by Gasteiger charge is 2.41. The fourth-order valence-electron chi connectivity index (χ4n) is 4.43. The van der Waals surface area contributed by atoms with Gasteiger partial charge in [0, 0.05) is 44.5 Å². The summed E-state index contributed by atoms with van der Waals surface area (Å²) in [5.74, 6) is -0.871. The first kappa shape index (κ1) is 28.4. The molecule has 1 fully saturated rings. The van der Waals surface area contributed by atoms with Gasteiger partial charge in [-0.3, -0.25) is 14.5 Å². The van der Waals surface area contributed by atoms with E-state index in [9.17, 15) is 19.5 Å². The van der Waals surface area contributed by atoms with E-state index in [-0.39, 0.29) is 18.5 Å². The monoisotopic (exact) mass is 517 g/mol. The number of methoxy groups -OCH3 is 1. The largest absolute Gasteiger partial charge is 0.444 e. The van der Waals surface area contributed by atoms with E-state index in [1.807, 2.05) is 18.3 Å². The number of likely N-dealkylation sites (tertiary alicyclic amines) is 1. The van der Waals surface area contributed by atoms with Gasteiger partial charge >= 0.3 is 6.09 Å². The third-order valence-electron chi connectivity index (χ3n) is 6.71. The number of aliphatic hydroxyl groups excluding tert-OH is 1. The summed E-state index contributed by atoms with van der Waals surface area (Å²) < 4.78 is 10.8. The van der Waals surface area contributed by atoms with E-state index in [1.165, 1.54) is 19.1 Å². The van der Waals surface area contributed by atoms with Crippen molar-refractivity contribution in [2.75, 3.05) is 20.7 Å². The Morgan fingerprint density at radius 2 is 2.03 bits per heavy atom. The molecule has 204 valence electrons. The number of hydrogen-bond acceptors (Lipinski definition) is 7. The van der Waals surface area contributed by atoms with Gasteiger partial charge in [0.15, 0.2) is 0 Å². The van der Waals surface area contributed by atoms with Crippen molar-refractivity contribution >= 4 is 28.9 Å². The molecule has 11 heteroatoms. The molecule has 0 bridgehead atoms. The fourth-order valence-corrected chi connectivity index (χ4v) is 4.43. The number of likely N-dealkylation sites (N-methyl/N-ethyl adjacent to an activating group) is 1. The smallest absolute Gasteiger partial charge is 0.410 e. The van der Waals surface area contributed by atoms with Crippen molar-refractivity contribution in [2.45, 2.75) is 83.4 Å². The molecule has 3 N–H and O–H groups in total. The molecule has 0 unspecified atom stereocenters. The Morgan fingerprint density at radius 1 is 1.32 bits per heavy atom. The quantitative estimate of drug-likeness (QED) is 0.486. The summed E-state index contributed by atoms with van der Waals surface area (Å²) in [4.78, 5) is 49.5. The maximum absolute atomic E-state index is 13.7. The molecular formula is C26H39N5O6. The molecule has 0 saturated carbocycles. The molecule has 2 aromatic rings. The number of β-amino-alcohol motifs (C(OH)–C–C–N with tert-alkyl or cyclic N) is 1. The number of aliphatic hydroxyl groups is 1. The Bertz CT molecular complexity index is 1110. The van der Waals surface area contributed by atoms with Crippen molar-refractivity contribution in [2.24, 2.45) is 0 Å². The lowest BCUT2D eigenvalue weighted by Gasteiger charge is -2.33. The fraction of sp³-hybridized carbons (Fsp3) is 0.615. The molecule has 11 nitrogen and oxygen atoms in total. The Balaban J connectivity index is 1.76. The highest BCUT2D eigenvalue weighted by Crippen LogP contribution is 2.26. The number of aromatic amines is 1. The van der Waals surface area contributed by atoms with Gasteiger partial charge in [0.2, 0.25) is 11.8 Å². The predicted molar refractivity (Wildman–Crippen MR) is 138 cm³/mol.